The first-order valence-electron chi connectivity index (χ1n) is 11.3. The molecular weight excluding hydrogens is 403 g/mol. The van der Waals surface area contributed by atoms with Crippen molar-refractivity contribution in [2.24, 2.45) is 0 Å². The molecule has 1 spiro atoms. The van der Waals surface area contributed by atoms with E-state index in [0.29, 0.717) is 37.5 Å². The minimum atomic E-state index is -0.601. The summed E-state index contributed by atoms with van der Waals surface area (Å²) in [7, 11) is 0. The molecule has 1 aromatic carbocycles. The van der Waals surface area contributed by atoms with Gasteiger partial charge in [-0.05, 0) is 50.2 Å². The Morgan fingerprint density at radius 2 is 2.00 bits per heavy atom. The van der Waals surface area contributed by atoms with Gasteiger partial charge in [0.2, 0.25) is 11.8 Å². The number of carbonyl (C=O) groups excluding carboxylic acids is 2. The Balaban J connectivity index is 1.41. The summed E-state index contributed by atoms with van der Waals surface area (Å²) in [5.74, 6) is 0.189. The van der Waals surface area contributed by atoms with Gasteiger partial charge in [-0.15, -0.1) is 0 Å². The van der Waals surface area contributed by atoms with Crippen molar-refractivity contribution >= 4 is 11.8 Å². The quantitative estimate of drug-likeness (QED) is 0.680. The summed E-state index contributed by atoms with van der Waals surface area (Å²) in [4.78, 5) is 27.0. The van der Waals surface area contributed by atoms with Gasteiger partial charge in [0.1, 0.15) is 18.2 Å². The van der Waals surface area contributed by atoms with Crippen LogP contribution in [0.1, 0.15) is 50.0 Å². The number of hydrogen-bond donors (Lipinski definition) is 1. The first-order valence-corrected chi connectivity index (χ1v) is 11.3. The molecule has 0 unspecified atom stereocenters. The fourth-order valence-electron chi connectivity index (χ4n) is 5.66. The summed E-state index contributed by atoms with van der Waals surface area (Å²) < 4.78 is 32.4. The normalized spacial score (nSPS) is 34.0. The van der Waals surface area contributed by atoms with E-state index < -0.39 is 5.54 Å². The second-order valence-electron chi connectivity index (χ2n) is 9.11. The maximum atomic E-state index is 14.7. The Labute approximate surface area is 181 Å². The van der Waals surface area contributed by atoms with Gasteiger partial charge in [0.05, 0.1) is 43.9 Å². The van der Waals surface area contributed by atoms with Crippen molar-refractivity contribution in [1.82, 2.24) is 10.2 Å². The SMILES string of the molecule is O=C1COC[C@@]2(CCN3C(=O)CCOc4cccc(F)c4C4CCC(CC4)OC[C@H]32)N1. The third kappa shape index (κ3) is 3.91. The molecule has 31 heavy (non-hydrogen) atoms. The average molecular weight is 432 g/mol. The molecule has 1 N–H and O–H groups in total. The Kier molecular flexibility index (Phi) is 5.60. The van der Waals surface area contributed by atoms with Gasteiger partial charge in [-0.25, -0.2) is 4.39 Å². The summed E-state index contributed by atoms with van der Waals surface area (Å²) in [6.45, 7) is 1.51. The number of amides is 2. The standard InChI is InChI=1S/C23H29FN2O5/c24-17-2-1-3-18-22(17)15-4-6-16(7-5-15)31-12-19-23(14-29-13-20(27)25-23)9-10-26(19)21(28)8-11-30-18/h1-3,15-16,19H,4-14H2,(H,25,27)/t15?,16?,19-,23+/m0/s1. The van der Waals surface area contributed by atoms with Crippen LogP contribution in [-0.4, -0.2) is 67.4 Å². The molecule has 3 fully saturated rings. The van der Waals surface area contributed by atoms with Crippen molar-refractivity contribution in [3.05, 3.63) is 29.6 Å². The van der Waals surface area contributed by atoms with Gasteiger partial charge in [-0.1, -0.05) is 6.07 Å². The van der Waals surface area contributed by atoms with E-state index in [4.69, 9.17) is 14.2 Å². The van der Waals surface area contributed by atoms with Crippen LogP contribution in [0.25, 0.3) is 0 Å². The number of nitrogens with one attached hydrogen (secondary N) is 1. The molecule has 1 aromatic rings. The van der Waals surface area contributed by atoms with E-state index in [1.165, 1.54) is 6.07 Å². The van der Waals surface area contributed by atoms with Crippen molar-refractivity contribution in [3.63, 3.8) is 0 Å². The minimum absolute atomic E-state index is 0.0505. The van der Waals surface area contributed by atoms with Crippen molar-refractivity contribution in [2.45, 2.75) is 62.1 Å². The first-order chi connectivity index (χ1) is 15.1. The summed E-state index contributed by atoms with van der Waals surface area (Å²) in [6.07, 6.45) is 4.21. The fraction of sp³-hybridized carbons (Fsp3) is 0.652. The van der Waals surface area contributed by atoms with Crippen LogP contribution in [-0.2, 0) is 19.1 Å². The number of morpholine rings is 1. The van der Waals surface area contributed by atoms with Crippen LogP contribution in [0.5, 0.6) is 5.75 Å². The van der Waals surface area contributed by atoms with Gasteiger partial charge >= 0.3 is 0 Å². The highest BCUT2D eigenvalue weighted by Crippen LogP contribution is 2.41. The molecule has 2 atom stereocenters. The van der Waals surface area contributed by atoms with Crippen LogP contribution in [0.4, 0.5) is 4.39 Å². The molecule has 2 bridgehead atoms. The lowest BCUT2D eigenvalue weighted by Gasteiger charge is -2.41. The molecule has 0 radical (unpaired) electrons. The largest absolute Gasteiger partial charge is 0.493 e. The van der Waals surface area contributed by atoms with Crippen LogP contribution in [0, 0.1) is 5.82 Å². The van der Waals surface area contributed by atoms with Crippen LogP contribution in [0.15, 0.2) is 18.2 Å². The van der Waals surface area contributed by atoms with Crippen LogP contribution < -0.4 is 10.1 Å². The topological polar surface area (TPSA) is 77.1 Å². The van der Waals surface area contributed by atoms with Crippen LogP contribution in [0.3, 0.4) is 0 Å². The number of carbonyl (C=O) groups is 2. The van der Waals surface area contributed by atoms with Crippen LogP contribution in [0.2, 0.25) is 0 Å². The van der Waals surface area contributed by atoms with Gasteiger partial charge in [-0.3, -0.25) is 9.59 Å². The number of hydrogen-bond acceptors (Lipinski definition) is 5. The predicted octanol–water partition coefficient (Wildman–Crippen LogP) is 2.14. The van der Waals surface area contributed by atoms with Gasteiger partial charge in [0.15, 0.2) is 0 Å². The first kappa shape index (κ1) is 20.7. The van der Waals surface area contributed by atoms with E-state index in [1.807, 2.05) is 4.90 Å². The monoisotopic (exact) mass is 432 g/mol. The Hall–Kier alpha value is -2.19. The zero-order valence-electron chi connectivity index (χ0n) is 17.6. The average Bonchev–Trinajstić information content (AvgIpc) is 3.09. The van der Waals surface area contributed by atoms with Gasteiger partial charge in [0, 0.05) is 12.1 Å². The fourth-order valence-corrected chi connectivity index (χ4v) is 5.66. The van der Waals surface area contributed by atoms with E-state index in [9.17, 15) is 14.0 Å². The van der Waals surface area contributed by atoms with Crippen molar-refractivity contribution < 1.29 is 28.2 Å². The summed E-state index contributed by atoms with van der Waals surface area (Å²) in [5, 5.41) is 3.10. The number of ether oxygens (including phenoxy) is 3. The second kappa shape index (κ2) is 8.39. The number of fused-ring (bicyclic) bond motifs is 6. The summed E-state index contributed by atoms with van der Waals surface area (Å²) in [5.41, 5.74) is 0.0288. The Morgan fingerprint density at radius 3 is 2.81 bits per heavy atom. The summed E-state index contributed by atoms with van der Waals surface area (Å²) >= 11 is 0. The molecule has 1 saturated carbocycles. The maximum absolute atomic E-state index is 14.7. The zero-order valence-corrected chi connectivity index (χ0v) is 17.6. The van der Waals surface area contributed by atoms with Crippen molar-refractivity contribution in [1.29, 1.82) is 0 Å². The molecule has 0 aromatic heterocycles. The van der Waals surface area contributed by atoms with Crippen molar-refractivity contribution in [2.75, 3.05) is 33.0 Å². The highest BCUT2D eigenvalue weighted by molar-refractivity contribution is 5.80. The molecule has 8 heteroatoms. The molecule has 4 aliphatic heterocycles. The highest BCUT2D eigenvalue weighted by Gasteiger charge is 2.52. The number of nitrogens with zero attached hydrogens (tertiary/aromatic N) is 1. The number of halogens is 1. The van der Waals surface area contributed by atoms with Crippen molar-refractivity contribution in [3.8, 4) is 5.75 Å². The molecule has 168 valence electrons. The number of benzene rings is 1. The molecule has 7 nitrogen and oxygen atoms in total. The molecule has 4 heterocycles. The van der Waals surface area contributed by atoms with E-state index in [-0.39, 0.29) is 55.3 Å². The predicted molar refractivity (Wildman–Crippen MR) is 109 cm³/mol. The lowest BCUT2D eigenvalue weighted by Crippen LogP contribution is -2.65. The molecule has 6 rings (SSSR count). The third-order valence-corrected chi connectivity index (χ3v) is 7.27. The van der Waals surface area contributed by atoms with E-state index in [0.717, 1.165) is 25.7 Å². The number of rotatable bonds is 0. The third-order valence-electron chi connectivity index (χ3n) is 7.27. The van der Waals surface area contributed by atoms with Gasteiger partial charge in [0.25, 0.3) is 0 Å². The molecule has 1 aliphatic carbocycles. The van der Waals surface area contributed by atoms with Gasteiger partial charge < -0.3 is 24.4 Å². The zero-order chi connectivity index (χ0) is 21.4. The molecule has 5 aliphatic rings. The van der Waals surface area contributed by atoms with Crippen LogP contribution >= 0.6 is 0 Å². The minimum Gasteiger partial charge on any atom is -0.493 e. The Morgan fingerprint density at radius 1 is 1.16 bits per heavy atom. The maximum Gasteiger partial charge on any atom is 0.246 e. The smallest absolute Gasteiger partial charge is 0.246 e. The van der Waals surface area contributed by atoms with E-state index in [1.54, 1.807) is 12.1 Å². The van der Waals surface area contributed by atoms with Gasteiger partial charge in [-0.2, -0.15) is 0 Å². The highest BCUT2D eigenvalue weighted by atomic mass is 19.1. The lowest BCUT2D eigenvalue weighted by molar-refractivity contribution is -0.143. The lowest BCUT2D eigenvalue weighted by atomic mass is 9.82. The molecule has 2 amide bonds. The second-order valence-corrected chi connectivity index (χ2v) is 9.11. The van der Waals surface area contributed by atoms with E-state index >= 15 is 0 Å². The molecule has 2 saturated heterocycles. The molecular formula is C23H29FN2O5. The van der Waals surface area contributed by atoms with E-state index in [2.05, 4.69) is 5.32 Å². The Bertz CT molecular complexity index is 856. The summed E-state index contributed by atoms with van der Waals surface area (Å²) in [6, 6.07) is 4.66.